The van der Waals surface area contributed by atoms with Gasteiger partial charge < -0.3 is 25.6 Å². The van der Waals surface area contributed by atoms with Gasteiger partial charge in [0, 0.05) is 32.7 Å². The lowest BCUT2D eigenvalue weighted by Gasteiger charge is -2.13. The van der Waals surface area contributed by atoms with E-state index < -0.39 is 0 Å². The van der Waals surface area contributed by atoms with Crippen LogP contribution in [0.1, 0.15) is 5.56 Å². The number of urea groups is 2. The third-order valence-corrected chi connectivity index (χ3v) is 3.26. The Kier molecular flexibility index (Phi) is 6.50. The zero-order chi connectivity index (χ0) is 15.6. The summed E-state index contributed by atoms with van der Waals surface area (Å²) in [4.78, 5) is 23.0. The predicted molar refractivity (Wildman–Crippen MR) is 82.5 cm³/mol. The van der Waals surface area contributed by atoms with Gasteiger partial charge in [-0.3, -0.25) is 0 Å². The van der Waals surface area contributed by atoms with Crippen molar-refractivity contribution in [2.45, 2.75) is 6.61 Å². The Morgan fingerprint density at radius 1 is 1.00 bits per heavy atom. The second-order valence-electron chi connectivity index (χ2n) is 4.94. The molecule has 3 rings (SSSR count). The van der Waals surface area contributed by atoms with E-state index in [-0.39, 0.29) is 12.1 Å². The highest BCUT2D eigenvalue weighted by molar-refractivity contribution is 5.76. The van der Waals surface area contributed by atoms with E-state index in [2.05, 4.69) is 16.0 Å². The molecular weight excluding hydrogens is 284 g/mol. The molecule has 2 fully saturated rings. The Hall–Kier alpha value is -2.28. The summed E-state index contributed by atoms with van der Waals surface area (Å²) < 4.78 is 5.51. The molecule has 2 heterocycles. The highest BCUT2D eigenvalue weighted by atomic mass is 16.5. The van der Waals surface area contributed by atoms with Crippen LogP contribution in [-0.2, 0) is 11.3 Å². The quantitative estimate of drug-likeness (QED) is 0.694. The van der Waals surface area contributed by atoms with Gasteiger partial charge in [-0.1, -0.05) is 30.3 Å². The summed E-state index contributed by atoms with van der Waals surface area (Å²) in [6.07, 6.45) is 0. The topological polar surface area (TPSA) is 82.7 Å². The number of nitrogens with one attached hydrogen (secondary N) is 3. The minimum Gasteiger partial charge on any atom is -0.375 e. The lowest BCUT2D eigenvalue weighted by atomic mass is 10.2. The van der Waals surface area contributed by atoms with Gasteiger partial charge in [-0.15, -0.1) is 0 Å². The molecule has 7 heteroatoms. The van der Waals surface area contributed by atoms with Crippen LogP contribution in [0.25, 0.3) is 0 Å². The summed E-state index contributed by atoms with van der Waals surface area (Å²) in [7, 11) is 0. The molecule has 0 saturated carbocycles. The summed E-state index contributed by atoms with van der Waals surface area (Å²) >= 11 is 0. The smallest absolute Gasteiger partial charge is 0.317 e. The number of carbonyl (C=O) groups is 2. The molecule has 0 atom stereocenters. The Morgan fingerprint density at radius 3 is 2.27 bits per heavy atom. The van der Waals surface area contributed by atoms with E-state index in [0.717, 1.165) is 31.7 Å². The lowest BCUT2D eigenvalue weighted by molar-refractivity contribution is 0.104. The van der Waals surface area contributed by atoms with Crippen molar-refractivity contribution < 1.29 is 14.3 Å². The molecule has 1 aromatic carbocycles. The van der Waals surface area contributed by atoms with Crippen LogP contribution in [0.15, 0.2) is 30.3 Å². The average Bonchev–Trinajstić information content (AvgIpc) is 3.17. The van der Waals surface area contributed by atoms with Crippen LogP contribution >= 0.6 is 0 Å². The fraction of sp³-hybridized carbons (Fsp3) is 0.467. The first-order chi connectivity index (χ1) is 10.8. The summed E-state index contributed by atoms with van der Waals surface area (Å²) in [5.74, 6) is 0. The highest BCUT2D eigenvalue weighted by Crippen LogP contribution is 2.01. The number of hydrogen-bond donors (Lipinski definition) is 3. The van der Waals surface area contributed by atoms with Crippen molar-refractivity contribution in [3.05, 3.63) is 35.9 Å². The molecule has 2 aliphatic rings. The van der Waals surface area contributed by atoms with Gasteiger partial charge in [0.2, 0.25) is 0 Å². The van der Waals surface area contributed by atoms with Gasteiger partial charge in [0.25, 0.3) is 0 Å². The van der Waals surface area contributed by atoms with E-state index in [0.29, 0.717) is 19.8 Å². The van der Waals surface area contributed by atoms with Gasteiger partial charge in [0.15, 0.2) is 0 Å². The fourth-order valence-corrected chi connectivity index (χ4v) is 2.08. The van der Waals surface area contributed by atoms with E-state index >= 15 is 0 Å². The SMILES string of the molecule is O=C1NCCN1.O=C1NCCN1CCOCc1ccccc1. The second-order valence-corrected chi connectivity index (χ2v) is 4.94. The molecule has 22 heavy (non-hydrogen) atoms. The molecule has 120 valence electrons. The van der Waals surface area contributed by atoms with Crippen LogP contribution in [-0.4, -0.2) is 56.3 Å². The summed E-state index contributed by atoms with van der Waals surface area (Å²) in [5, 5.41) is 7.90. The number of rotatable bonds is 5. The fourth-order valence-electron chi connectivity index (χ4n) is 2.08. The van der Waals surface area contributed by atoms with Crippen LogP contribution < -0.4 is 16.0 Å². The molecular formula is C15H22N4O3. The monoisotopic (exact) mass is 306 g/mol. The first-order valence-corrected chi connectivity index (χ1v) is 7.42. The number of nitrogens with zero attached hydrogens (tertiary/aromatic N) is 1. The maximum atomic E-state index is 11.2. The van der Waals surface area contributed by atoms with Crippen LogP contribution in [0.2, 0.25) is 0 Å². The van der Waals surface area contributed by atoms with Crippen molar-refractivity contribution in [2.24, 2.45) is 0 Å². The maximum Gasteiger partial charge on any atom is 0.317 e. The number of carbonyl (C=O) groups excluding carboxylic acids is 2. The summed E-state index contributed by atoms with van der Waals surface area (Å²) in [5.41, 5.74) is 1.16. The standard InChI is InChI=1S/C12H16N2O2.C3H6N2O/c15-12-13-6-7-14(12)8-9-16-10-11-4-2-1-3-5-11;6-3-4-1-2-5-3/h1-5H,6-10H2,(H,13,15);1-2H2,(H2,4,5,6). The van der Waals surface area contributed by atoms with Gasteiger partial charge in [0.1, 0.15) is 0 Å². The molecule has 3 N–H and O–H groups in total. The van der Waals surface area contributed by atoms with Crippen LogP contribution in [0, 0.1) is 0 Å². The normalized spacial score (nSPS) is 16.5. The van der Waals surface area contributed by atoms with E-state index in [1.165, 1.54) is 0 Å². The van der Waals surface area contributed by atoms with Gasteiger partial charge in [-0.05, 0) is 5.56 Å². The molecule has 2 aliphatic heterocycles. The molecule has 0 spiro atoms. The van der Waals surface area contributed by atoms with E-state index in [9.17, 15) is 9.59 Å². The van der Waals surface area contributed by atoms with E-state index in [1.54, 1.807) is 4.90 Å². The minimum atomic E-state index is -0.0463. The first kappa shape index (κ1) is 16.1. The van der Waals surface area contributed by atoms with Crippen LogP contribution in [0.5, 0.6) is 0 Å². The molecule has 0 unspecified atom stereocenters. The van der Waals surface area contributed by atoms with Crippen molar-refractivity contribution in [1.29, 1.82) is 0 Å². The van der Waals surface area contributed by atoms with Gasteiger partial charge in [-0.2, -0.15) is 0 Å². The zero-order valence-corrected chi connectivity index (χ0v) is 12.5. The Balaban J connectivity index is 0.000000246. The first-order valence-electron chi connectivity index (χ1n) is 7.42. The number of ether oxygens (including phenoxy) is 1. The molecule has 0 radical (unpaired) electrons. The highest BCUT2D eigenvalue weighted by Gasteiger charge is 2.18. The largest absolute Gasteiger partial charge is 0.375 e. The third kappa shape index (κ3) is 5.61. The van der Waals surface area contributed by atoms with Gasteiger partial charge in [-0.25, -0.2) is 9.59 Å². The Labute approximate surface area is 130 Å². The Morgan fingerprint density at radius 2 is 1.73 bits per heavy atom. The van der Waals surface area contributed by atoms with E-state index in [4.69, 9.17) is 4.74 Å². The van der Waals surface area contributed by atoms with Gasteiger partial charge >= 0.3 is 12.1 Å². The number of benzene rings is 1. The third-order valence-electron chi connectivity index (χ3n) is 3.26. The lowest BCUT2D eigenvalue weighted by Crippen LogP contribution is -2.31. The number of hydrogen-bond acceptors (Lipinski definition) is 3. The maximum absolute atomic E-state index is 11.2. The predicted octanol–water partition coefficient (Wildman–Crippen LogP) is 0.528. The van der Waals surface area contributed by atoms with Crippen molar-refractivity contribution in [3.8, 4) is 0 Å². The average molecular weight is 306 g/mol. The van der Waals surface area contributed by atoms with Crippen molar-refractivity contribution in [1.82, 2.24) is 20.9 Å². The summed E-state index contributed by atoms with van der Waals surface area (Å²) in [6.45, 7) is 4.94. The molecule has 0 aromatic heterocycles. The molecule has 0 bridgehead atoms. The van der Waals surface area contributed by atoms with Gasteiger partial charge in [0.05, 0.1) is 13.2 Å². The second kappa shape index (κ2) is 8.89. The Bertz CT molecular complexity index is 473. The molecule has 0 aliphatic carbocycles. The van der Waals surface area contributed by atoms with Crippen molar-refractivity contribution >= 4 is 12.1 Å². The minimum absolute atomic E-state index is 0.0170. The summed E-state index contributed by atoms with van der Waals surface area (Å²) in [6, 6.07) is 10.0. The molecule has 7 nitrogen and oxygen atoms in total. The van der Waals surface area contributed by atoms with E-state index in [1.807, 2.05) is 30.3 Å². The number of amides is 4. The van der Waals surface area contributed by atoms with Crippen LogP contribution in [0.3, 0.4) is 0 Å². The molecule has 2 saturated heterocycles. The van der Waals surface area contributed by atoms with Crippen molar-refractivity contribution in [2.75, 3.05) is 39.3 Å². The zero-order valence-electron chi connectivity index (χ0n) is 12.5. The molecule has 4 amide bonds. The van der Waals surface area contributed by atoms with Crippen molar-refractivity contribution in [3.63, 3.8) is 0 Å². The molecule has 1 aromatic rings. The van der Waals surface area contributed by atoms with Crippen LogP contribution in [0.4, 0.5) is 9.59 Å².